The maximum absolute atomic E-state index is 8.96. The molecule has 0 radical (unpaired) electrons. The van der Waals surface area contributed by atoms with Crippen LogP contribution in [0.4, 0.5) is 5.95 Å². The Kier molecular flexibility index (Phi) is 4.95. The van der Waals surface area contributed by atoms with Gasteiger partial charge in [-0.05, 0) is 36.8 Å². The topological polar surface area (TPSA) is 119 Å². The fourth-order valence-corrected chi connectivity index (χ4v) is 2.93. The number of nitrogens with zero attached hydrogens (tertiary/aromatic N) is 7. The predicted octanol–water partition coefficient (Wildman–Crippen LogP) is 2.86. The molecule has 0 aliphatic rings. The molecule has 2 N–H and O–H groups in total. The number of anilines is 1. The monoisotopic (exact) mass is 382 g/mol. The lowest BCUT2D eigenvalue weighted by molar-refractivity contribution is 0.636. The zero-order chi connectivity index (χ0) is 20.2. The SMILES string of the molecule is CCc1cccc(Cn2cc(-c3cc(-c4ccc(C#N)cc4)nc(N)n3)nn2)n1. The van der Waals surface area contributed by atoms with Gasteiger partial charge in [-0.2, -0.15) is 5.26 Å². The number of hydrogen-bond acceptors (Lipinski definition) is 7. The number of hydrogen-bond donors (Lipinski definition) is 1. The van der Waals surface area contributed by atoms with Crippen molar-refractivity contribution in [3.8, 4) is 28.7 Å². The average molecular weight is 382 g/mol. The molecule has 8 heteroatoms. The van der Waals surface area contributed by atoms with Gasteiger partial charge in [-0.25, -0.2) is 14.6 Å². The molecule has 4 aromatic rings. The van der Waals surface area contributed by atoms with Gasteiger partial charge in [0, 0.05) is 11.3 Å². The highest BCUT2D eigenvalue weighted by atomic mass is 15.4. The lowest BCUT2D eigenvalue weighted by Gasteiger charge is -2.04. The van der Waals surface area contributed by atoms with Crippen LogP contribution >= 0.6 is 0 Å². The smallest absolute Gasteiger partial charge is 0.221 e. The van der Waals surface area contributed by atoms with E-state index in [4.69, 9.17) is 11.0 Å². The van der Waals surface area contributed by atoms with Crippen LogP contribution in [0.5, 0.6) is 0 Å². The van der Waals surface area contributed by atoms with E-state index in [1.54, 1.807) is 16.8 Å². The number of benzene rings is 1. The van der Waals surface area contributed by atoms with Gasteiger partial charge in [0.2, 0.25) is 5.95 Å². The number of nitrogen functional groups attached to an aromatic ring is 1. The molecule has 3 aromatic heterocycles. The van der Waals surface area contributed by atoms with Gasteiger partial charge in [0.15, 0.2) is 0 Å². The van der Waals surface area contributed by atoms with E-state index >= 15 is 0 Å². The maximum Gasteiger partial charge on any atom is 0.221 e. The Labute approximate surface area is 167 Å². The van der Waals surface area contributed by atoms with E-state index in [1.165, 1.54) is 0 Å². The molecule has 0 saturated heterocycles. The molecule has 0 aliphatic carbocycles. The van der Waals surface area contributed by atoms with E-state index in [0.29, 0.717) is 29.2 Å². The summed E-state index contributed by atoms with van der Waals surface area (Å²) in [6.07, 6.45) is 2.69. The lowest BCUT2D eigenvalue weighted by atomic mass is 10.1. The zero-order valence-corrected chi connectivity index (χ0v) is 15.8. The molecule has 142 valence electrons. The Balaban J connectivity index is 1.61. The summed E-state index contributed by atoms with van der Waals surface area (Å²) in [6, 6.07) is 17.0. The molecule has 0 unspecified atom stereocenters. The third-order valence-corrected chi connectivity index (χ3v) is 4.40. The van der Waals surface area contributed by atoms with Gasteiger partial charge in [0.1, 0.15) is 5.69 Å². The van der Waals surface area contributed by atoms with E-state index in [2.05, 4.69) is 38.3 Å². The number of aromatic nitrogens is 6. The van der Waals surface area contributed by atoms with Crippen LogP contribution in [0.3, 0.4) is 0 Å². The maximum atomic E-state index is 8.96. The molecule has 0 bridgehead atoms. The van der Waals surface area contributed by atoms with Gasteiger partial charge >= 0.3 is 0 Å². The molecule has 0 aliphatic heterocycles. The Bertz CT molecular complexity index is 1190. The molecule has 29 heavy (non-hydrogen) atoms. The van der Waals surface area contributed by atoms with Crippen LogP contribution < -0.4 is 5.73 Å². The second-order valence-electron chi connectivity index (χ2n) is 6.46. The Morgan fingerprint density at radius 2 is 1.72 bits per heavy atom. The van der Waals surface area contributed by atoms with Crippen molar-refractivity contribution < 1.29 is 0 Å². The number of nitriles is 1. The first-order chi connectivity index (χ1) is 14.1. The van der Waals surface area contributed by atoms with Crippen molar-refractivity contribution in [3.63, 3.8) is 0 Å². The normalized spacial score (nSPS) is 10.6. The van der Waals surface area contributed by atoms with Gasteiger partial charge < -0.3 is 5.73 Å². The van der Waals surface area contributed by atoms with Crippen molar-refractivity contribution in [2.45, 2.75) is 19.9 Å². The second-order valence-corrected chi connectivity index (χ2v) is 6.46. The van der Waals surface area contributed by atoms with Crippen LogP contribution in [0.15, 0.2) is 54.7 Å². The number of nitrogens with two attached hydrogens (primary N) is 1. The van der Waals surface area contributed by atoms with E-state index in [-0.39, 0.29) is 5.95 Å². The first-order valence-electron chi connectivity index (χ1n) is 9.15. The Morgan fingerprint density at radius 1 is 0.966 bits per heavy atom. The number of aryl methyl sites for hydroxylation is 1. The van der Waals surface area contributed by atoms with E-state index in [0.717, 1.165) is 23.4 Å². The second kappa shape index (κ2) is 7.86. The van der Waals surface area contributed by atoms with E-state index in [1.807, 2.05) is 42.6 Å². The first-order valence-corrected chi connectivity index (χ1v) is 9.15. The van der Waals surface area contributed by atoms with Crippen LogP contribution in [0.1, 0.15) is 23.9 Å². The summed E-state index contributed by atoms with van der Waals surface area (Å²) < 4.78 is 1.72. The predicted molar refractivity (Wildman–Crippen MR) is 108 cm³/mol. The molecule has 0 fully saturated rings. The van der Waals surface area contributed by atoms with Crippen molar-refractivity contribution in [2.75, 3.05) is 5.73 Å². The molecule has 0 atom stereocenters. The summed E-state index contributed by atoms with van der Waals surface area (Å²) in [5.41, 5.74) is 11.1. The highest BCUT2D eigenvalue weighted by molar-refractivity contribution is 5.67. The summed E-state index contributed by atoms with van der Waals surface area (Å²) in [5.74, 6) is 0.147. The minimum absolute atomic E-state index is 0.147. The van der Waals surface area contributed by atoms with Crippen molar-refractivity contribution in [1.29, 1.82) is 5.26 Å². The fraction of sp³-hybridized carbons (Fsp3) is 0.143. The van der Waals surface area contributed by atoms with E-state index < -0.39 is 0 Å². The highest BCUT2D eigenvalue weighted by Crippen LogP contribution is 2.23. The van der Waals surface area contributed by atoms with Crippen LogP contribution in [-0.2, 0) is 13.0 Å². The molecular weight excluding hydrogens is 364 g/mol. The Morgan fingerprint density at radius 3 is 2.48 bits per heavy atom. The molecule has 1 aromatic carbocycles. The van der Waals surface area contributed by atoms with Crippen molar-refractivity contribution in [2.24, 2.45) is 0 Å². The summed E-state index contributed by atoms with van der Waals surface area (Å²) in [6.45, 7) is 2.59. The molecule has 3 heterocycles. The van der Waals surface area contributed by atoms with Crippen molar-refractivity contribution in [1.82, 2.24) is 29.9 Å². The fourth-order valence-electron chi connectivity index (χ4n) is 2.93. The van der Waals surface area contributed by atoms with Crippen molar-refractivity contribution in [3.05, 3.63) is 71.7 Å². The molecule has 0 spiro atoms. The Hall–Kier alpha value is -4.12. The van der Waals surface area contributed by atoms with Crippen molar-refractivity contribution >= 4 is 5.95 Å². The lowest BCUT2D eigenvalue weighted by Crippen LogP contribution is -2.03. The molecular formula is C21H18N8. The molecule has 0 amide bonds. The minimum atomic E-state index is 0.147. The van der Waals surface area contributed by atoms with Crippen LogP contribution in [-0.4, -0.2) is 29.9 Å². The van der Waals surface area contributed by atoms with Crippen LogP contribution in [0, 0.1) is 11.3 Å². The standard InChI is InChI=1S/C21H18N8/c1-2-16-4-3-5-17(24-16)12-29-13-20(27-28-29)19-10-18(25-21(23)26-19)15-8-6-14(11-22)7-9-15/h3-10,13H,2,12H2,1H3,(H2,23,25,26). The van der Waals surface area contributed by atoms with E-state index in [9.17, 15) is 0 Å². The van der Waals surface area contributed by atoms with Gasteiger partial charge in [-0.3, -0.25) is 4.98 Å². The molecule has 4 rings (SSSR count). The largest absolute Gasteiger partial charge is 0.368 e. The average Bonchev–Trinajstić information content (AvgIpc) is 3.22. The molecule has 0 saturated carbocycles. The van der Waals surface area contributed by atoms with Gasteiger partial charge in [0.05, 0.1) is 41.5 Å². The number of rotatable bonds is 5. The summed E-state index contributed by atoms with van der Waals surface area (Å²) in [5, 5.41) is 17.4. The first kappa shape index (κ1) is 18.3. The summed E-state index contributed by atoms with van der Waals surface area (Å²) >= 11 is 0. The third kappa shape index (κ3) is 4.09. The van der Waals surface area contributed by atoms with Gasteiger partial charge in [0.25, 0.3) is 0 Å². The summed E-state index contributed by atoms with van der Waals surface area (Å²) in [7, 11) is 0. The van der Waals surface area contributed by atoms with Crippen LogP contribution in [0.2, 0.25) is 0 Å². The molecule has 8 nitrogen and oxygen atoms in total. The quantitative estimate of drug-likeness (QED) is 0.563. The zero-order valence-electron chi connectivity index (χ0n) is 15.8. The third-order valence-electron chi connectivity index (χ3n) is 4.40. The highest BCUT2D eigenvalue weighted by Gasteiger charge is 2.11. The van der Waals surface area contributed by atoms with Gasteiger partial charge in [-0.1, -0.05) is 30.3 Å². The summed E-state index contributed by atoms with van der Waals surface area (Å²) in [4.78, 5) is 13.2. The van der Waals surface area contributed by atoms with Crippen LogP contribution in [0.25, 0.3) is 22.6 Å². The van der Waals surface area contributed by atoms with Gasteiger partial charge in [-0.15, -0.1) is 5.10 Å². The minimum Gasteiger partial charge on any atom is -0.368 e. The number of pyridine rings is 1.